The summed E-state index contributed by atoms with van der Waals surface area (Å²) >= 11 is 1.77. The molecule has 0 aliphatic carbocycles. The van der Waals surface area contributed by atoms with Crippen LogP contribution in [0.15, 0.2) is 17.5 Å². The van der Waals surface area contributed by atoms with Crippen molar-refractivity contribution in [3.8, 4) is 0 Å². The van der Waals surface area contributed by atoms with Crippen LogP contribution in [0.1, 0.15) is 25.1 Å². The number of morpholine rings is 1. The van der Waals surface area contributed by atoms with Crippen LogP contribution in [-0.2, 0) is 11.2 Å². The summed E-state index contributed by atoms with van der Waals surface area (Å²) in [6, 6.07) is 4.21. The van der Waals surface area contributed by atoms with Crippen molar-refractivity contribution in [2.45, 2.75) is 38.3 Å². The summed E-state index contributed by atoms with van der Waals surface area (Å²) in [5, 5.41) is 12.5. The Kier molecular flexibility index (Phi) is 4.78. The van der Waals surface area contributed by atoms with Crippen molar-refractivity contribution in [3.63, 3.8) is 0 Å². The maximum atomic E-state index is 10.5. The number of hydrogen-bond acceptors (Lipinski definition) is 4. The van der Waals surface area contributed by atoms with Crippen LogP contribution in [0.4, 0.5) is 0 Å². The molecule has 0 amide bonds. The van der Waals surface area contributed by atoms with Gasteiger partial charge in [-0.05, 0) is 38.1 Å². The van der Waals surface area contributed by atoms with E-state index < -0.39 is 0 Å². The summed E-state index contributed by atoms with van der Waals surface area (Å²) in [6.07, 6.45) is 1.50. The summed E-state index contributed by atoms with van der Waals surface area (Å²) in [5.41, 5.74) is -0.166. The maximum Gasteiger partial charge on any atom is 0.0721 e. The van der Waals surface area contributed by atoms with E-state index in [4.69, 9.17) is 4.74 Å². The highest BCUT2D eigenvalue weighted by molar-refractivity contribution is 7.09. The largest absolute Gasteiger partial charge is 0.391 e. The quantitative estimate of drug-likeness (QED) is 0.889. The fourth-order valence-corrected chi connectivity index (χ4v) is 3.16. The molecule has 18 heavy (non-hydrogen) atoms. The van der Waals surface area contributed by atoms with Crippen LogP contribution in [0, 0.1) is 0 Å². The zero-order chi connectivity index (χ0) is 13.0. The topological polar surface area (TPSA) is 32.7 Å². The fraction of sp³-hybridized carbons (Fsp3) is 0.714. The van der Waals surface area contributed by atoms with Gasteiger partial charge in [0.05, 0.1) is 19.3 Å². The average molecular weight is 269 g/mol. The Morgan fingerprint density at radius 1 is 1.44 bits per heavy atom. The molecule has 1 aromatic rings. The highest BCUT2D eigenvalue weighted by Crippen LogP contribution is 2.24. The van der Waals surface area contributed by atoms with E-state index in [0.717, 1.165) is 39.1 Å². The number of aliphatic hydroxyl groups is 1. The first kappa shape index (κ1) is 14.0. The molecule has 4 heteroatoms. The number of aliphatic hydroxyl groups excluding tert-OH is 1. The van der Waals surface area contributed by atoms with Crippen LogP contribution in [-0.4, -0.2) is 48.0 Å². The number of hydrogen-bond donors (Lipinski definition) is 1. The molecule has 1 aliphatic heterocycles. The van der Waals surface area contributed by atoms with E-state index in [2.05, 4.69) is 36.3 Å². The van der Waals surface area contributed by atoms with Crippen molar-refractivity contribution in [1.82, 2.24) is 4.90 Å². The van der Waals surface area contributed by atoms with Gasteiger partial charge < -0.3 is 9.84 Å². The summed E-state index contributed by atoms with van der Waals surface area (Å²) < 4.78 is 5.37. The number of aryl methyl sites for hydroxylation is 1. The van der Waals surface area contributed by atoms with E-state index in [-0.39, 0.29) is 11.6 Å². The lowest BCUT2D eigenvalue weighted by Crippen LogP contribution is -2.56. The predicted molar refractivity (Wildman–Crippen MR) is 75.1 cm³/mol. The molecule has 2 rings (SSSR count). The Balaban J connectivity index is 1.87. The second-order valence-electron chi connectivity index (χ2n) is 5.39. The molecule has 0 bridgehead atoms. The normalized spacial score (nSPS) is 19.9. The van der Waals surface area contributed by atoms with Gasteiger partial charge in [0, 0.05) is 23.5 Å². The Morgan fingerprint density at radius 3 is 2.78 bits per heavy atom. The third-order valence-electron chi connectivity index (χ3n) is 3.89. The molecule has 0 saturated carbocycles. The fourth-order valence-electron chi connectivity index (χ4n) is 2.44. The van der Waals surface area contributed by atoms with Crippen molar-refractivity contribution < 1.29 is 9.84 Å². The molecule has 102 valence electrons. The Hall–Kier alpha value is -0.420. The summed E-state index contributed by atoms with van der Waals surface area (Å²) in [6.45, 7) is 7.67. The molecule has 0 radical (unpaired) electrons. The van der Waals surface area contributed by atoms with Crippen molar-refractivity contribution >= 4 is 11.3 Å². The van der Waals surface area contributed by atoms with Crippen LogP contribution in [0.25, 0.3) is 0 Å². The SMILES string of the molecule is CC(C)(C(O)CCc1cccs1)N1CCOCC1. The van der Waals surface area contributed by atoms with Gasteiger partial charge in [0.25, 0.3) is 0 Å². The number of rotatable bonds is 5. The lowest BCUT2D eigenvalue weighted by atomic mass is 9.91. The Labute approximate surface area is 113 Å². The molecule has 3 nitrogen and oxygen atoms in total. The maximum absolute atomic E-state index is 10.5. The van der Waals surface area contributed by atoms with E-state index in [1.54, 1.807) is 11.3 Å². The Morgan fingerprint density at radius 2 is 2.17 bits per heavy atom. The van der Waals surface area contributed by atoms with Crippen molar-refractivity contribution in [2.75, 3.05) is 26.3 Å². The lowest BCUT2D eigenvalue weighted by Gasteiger charge is -2.43. The summed E-state index contributed by atoms with van der Waals surface area (Å²) in [4.78, 5) is 3.70. The van der Waals surface area contributed by atoms with Gasteiger partial charge in [-0.2, -0.15) is 0 Å². The second kappa shape index (κ2) is 6.15. The predicted octanol–water partition coefficient (Wildman–Crippen LogP) is 2.15. The van der Waals surface area contributed by atoms with E-state index in [1.807, 2.05) is 0 Å². The number of thiophene rings is 1. The van der Waals surface area contributed by atoms with E-state index in [9.17, 15) is 5.11 Å². The van der Waals surface area contributed by atoms with Crippen molar-refractivity contribution in [2.24, 2.45) is 0 Å². The van der Waals surface area contributed by atoms with Gasteiger partial charge in [-0.1, -0.05) is 6.07 Å². The molecule has 1 aromatic heterocycles. The lowest BCUT2D eigenvalue weighted by molar-refractivity contribution is -0.0635. The molecule has 0 spiro atoms. The zero-order valence-electron chi connectivity index (χ0n) is 11.3. The number of nitrogens with zero attached hydrogens (tertiary/aromatic N) is 1. The van der Waals surface area contributed by atoms with E-state index >= 15 is 0 Å². The van der Waals surface area contributed by atoms with Crippen molar-refractivity contribution in [1.29, 1.82) is 0 Å². The summed E-state index contributed by atoms with van der Waals surface area (Å²) in [7, 11) is 0. The third kappa shape index (κ3) is 3.32. The van der Waals surface area contributed by atoms with Gasteiger partial charge >= 0.3 is 0 Å². The van der Waals surface area contributed by atoms with Gasteiger partial charge in [-0.25, -0.2) is 0 Å². The van der Waals surface area contributed by atoms with Gasteiger partial charge in [0.1, 0.15) is 0 Å². The molecule has 1 saturated heterocycles. The van der Waals surface area contributed by atoms with Crippen LogP contribution >= 0.6 is 11.3 Å². The molecule has 1 N–H and O–H groups in total. The molecular formula is C14H23NO2S. The van der Waals surface area contributed by atoms with Crippen molar-refractivity contribution in [3.05, 3.63) is 22.4 Å². The van der Waals surface area contributed by atoms with E-state index in [1.165, 1.54) is 4.88 Å². The van der Waals surface area contributed by atoms with Crippen LogP contribution < -0.4 is 0 Å². The Bertz CT molecular complexity index is 345. The van der Waals surface area contributed by atoms with Gasteiger partial charge in [0.15, 0.2) is 0 Å². The molecule has 1 unspecified atom stereocenters. The van der Waals surface area contributed by atoms with Crippen LogP contribution in [0.5, 0.6) is 0 Å². The minimum Gasteiger partial charge on any atom is -0.391 e. The molecule has 1 fully saturated rings. The monoisotopic (exact) mass is 269 g/mol. The first-order chi connectivity index (χ1) is 8.60. The molecule has 1 atom stereocenters. The highest BCUT2D eigenvalue weighted by atomic mass is 32.1. The third-order valence-corrected chi connectivity index (χ3v) is 4.82. The second-order valence-corrected chi connectivity index (χ2v) is 6.42. The first-order valence-corrected chi connectivity index (χ1v) is 7.52. The molecule has 0 aromatic carbocycles. The number of ether oxygens (including phenoxy) is 1. The minimum absolute atomic E-state index is 0.166. The van der Waals surface area contributed by atoms with Crippen LogP contribution in [0.3, 0.4) is 0 Å². The standard InChI is InChI=1S/C14H23NO2S/c1-14(2,15-7-9-17-10-8-15)13(16)6-5-12-4-3-11-18-12/h3-4,11,13,16H,5-10H2,1-2H3. The van der Waals surface area contributed by atoms with Crippen LogP contribution in [0.2, 0.25) is 0 Å². The first-order valence-electron chi connectivity index (χ1n) is 6.64. The van der Waals surface area contributed by atoms with Gasteiger partial charge in [0.2, 0.25) is 0 Å². The smallest absolute Gasteiger partial charge is 0.0721 e. The van der Waals surface area contributed by atoms with Gasteiger partial charge in [-0.15, -0.1) is 11.3 Å². The van der Waals surface area contributed by atoms with Gasteiger partial charge in [-0.3, -0.25) is 4.90 Å². The summed E-state index contributed by atoms with van der Waals surface area (Å²) in [5.74, 6) is 0. The highest BCUT2D eigenvalue weighted by Gasteiger charge is 2.34. The molecule has 1 aliphatic rings. The molecular weight excluding hydrogens is 246 g/mol. The van der Waals surface area contributed by atoms with E-state index in [0.29, 0.717) is 0 Å². The minimum atomic E-state index is -0.294. The molecule has 2 heterocycles. The zero-order valence-corrected chi connectivity index (χ0v) is 12.1. The average Bonchev–Trinajstić information content (AvgIpc) is 2.90.